The predicted molar refractivity (Wildman–Crippen MR) is 127 cm³/mol. The summed E-state index contributed by atoms with van der Waals surface area (Å²) in [5.74, 6) is 1.94. The summed E-state index contributed by atoms with van der Waals surface area (Å²) in [4.78, 5) is 6.27. The quantitative estimate of drug-likeness (QED) is 0.320. The molecule has 0 spiro atoms. The Labute approximate surface area is 198 Å². The molecule has 0 atom stereocenters. The normalized spacial score (nSPS) is 13.0. The number of aliphatic imine (C=N–C) groups is 1. The number of hydrogen-bond donors (Lipinski definition) is 1. The number of nitrogens with one attached hydrogen (secondary N) is 1. The Hall–Kier alpha value is -1.78. The lowest BCUT2D eigenvalue weighted by Gasteiger charge is -2.23. The highest BCUT2D eigenvalue weighted by Crippen LogP contribution is 2.29. The standard InChI is InChI=1S/C21H25ClFN3O3.HI/c1-24-21(26(2)9-10-28-19-5-3-17(22)4-6-19)25-8-7-15-11-18(23)12-16-13-27-14-29-20(15)16;/h3-6,11-12H,7-10,13-14H2,1-2H3,(H,24,25);1H. The highest BCUT2D eigenvalue weighted by atomic mass is 127. The molecule has 2 aromatic rings. The molecule has 0 unspecified atom stereocenters. The lowest BCUT2D eigenvalue weighted by Crippen LogP contribution is -2.41. The Kier molecular flexibility index (Phi) is 9.93. The summed E-state index contributed by atoms with van der Waals surface area (Å²) >= 11 is 5.87. The Morgan fingerprint density at radius 2 is 2.07 bits per heavy atom. The van der Waals surface area contributed by atoms with Crippen LogP contribution in [-0.4, -0.2) is 51.4 Å². The van der Waals surface area contributed by atoms with Crippen LogP contribution in [-0.2, 0) is 17.8 Å². The number of hydrogen-bond acceptors (Lipinski definition) is 4. The summed E-state index contributed by atoms with van der Waals surface area (Å²) in [5.41, 5.74) is 1.56. The third-order valence-electron chi connectivity index (χ3n) is 4.51. The van der Waals surface area contributed by atoms with Crippen molar-refractivity contribution in [2.45, 2.75) is 13.0 Å². The van der Waals surface area contributed by atoms with Gasteiger partial charge in [0.1, 0.15) is 23.9 Å². The largest absolute Gasteiger partial charge is 0.492 e. The summed E-state index contributed by atoms with van der Waals surface area (Å²) in [7, 11) is 3.66. The number of benzene rings is 2. The molecule has 2 aromatic carbocycles. The fourth-order valence-electron chi connectivity index (χ4n) is 3.07. The minimum absolute atomic E-state index is 0. The lowest BCUT2D eigenvalue weighted by atomic mass is 10.1. The lowest BCUT2D eigenvalue weighted by molar-refractivity contribution is -0.0172. The number of likely N-dealkylation sites (N-methyl/N-ethyl adjacent to an activating group) is 1. The van der Waals surface area contributed by atoms with Crippen molar-refractivity contribution in [1.82, 2.24) is 10.2 Å². The zero-order valence-electron chi connectivity index (χ0n) is 17.0. The summed E-state index contributed by atoms with van der Waals surface area (Å²) in [6.07, 6.45) is 0.605. The van der Waals surface area contributed by atoms with Crippen LogP contribution in [0.1, 0.15) is 11.1 Å². The summed E-state index contributed by atoms with van der Waals surface area (Å²) in [6.45, 7) is 2.31. The van der Waals surface area contributed by atoms with Gasteiger partial charge in [0.2, 0.25) is 0 Å². The number of nitrogens with zero attached hydrogens (tertiary/aromatic N) is 2. The first-order valence-corrected chi connectivity index (χ1v) is 9.76. The molecule has 1 aliphatic heterocycles. The van der Waals surface area contributed by atoms with E-state index in [0.717, 1.165) is 28.6 Å². The van der Waals surface area contributed by atoms with E-state index in [1.165, 1.54) is 12.1 Å². The number of fused-ring (bicyclic) bond motifs is 1. The molecule has 0 fully saturated rings. The molecular formula is C21H26ClFIN3O3. The van der Waals surface area contributed by atoms with Gasteiger partial charge in [-0.05, 0) is 48.4 Å². The van der Waals surface area contributed by atoms with Gasteiger partial charge < -0.3 is 24.4 Å². The molecule has 0 bridgehead atoms. The van der Waals surface area contributed by atoms with Gasteiger partial charge in [-0.3, -0.25) is 4.99 Å². The average molecular weight is 550 g/mol. The maximum atomic E-state index is 13.9. The number of halogens is 3. The zero-order chi connectivity index (χ0) is 20.6. The van der Waals surface area contributed by atoms with Crippen molar-refractivity contribution in [3.8, 4) is 11.5 Å². The van der Waals surface area contributed by atoms with E-state index in [9.17, 15) is 4.39 Å². The van der Waals surface area contributed by atoms with E-state index in [-0.39, 0.29) is 36.6 Å². The molecule has 6 nitrogen and oxygen atoms in total. The summed E-state index contributed by atoms with van der Waals surface area (Å²) in [6, 6.07) is 10.2. The van der Waals surface area contributed by atoms with Crippen LogP contribution in [0.3, 0.4) is 0 Å². The maximum absolute atomic E-state index is 13.9. The fourth-order valence-corrected chi connectivity index (χ4v) is 3.20. The van der Waals surface area contributed by atoms with Gasteiger partial charge in [0.15, 0.2) is 12.8 Å². The van der Waals surface area contributed by atoms with E-state index < -0.39 is 0 Å². The maximum Gasteiger partial charge on any atom is 0.193 e. The first-order valence-electron chi connectivity index (χ1n) is 9.39. The number of guanidine groups is 1. The van der Waals surface area contributed by atoms with Crippen molar-refractivity contribution >= 4 is 41.5 Å². The van der Waals surface area contributed by atoms with Crippen LogP contribution in [0.25, 0.3) is 0 Å². The van der Waals surface area contributed by atoms with Gasteiger partial charge in [0.25, 0.3) is 0 Å². The summed E-state index contributed by atoms with van der Waals surface area (Å²) in [5, 5.41) is 3.97. The van der Waals surface area contributed by atoms with Crippen molar-refractivity contribution < 1.29 is 18.6 Å². The Morgan fingerprint density at radius 1 is 1.30 bits per heavy atom. The molecular weight excluding hydrogens is 524 g/mol. The van der Waals surface area contributed by atoms with Crippen LogP contribution in [0, 0.1) is 5.82 Å². The molecule has 0 saturated heterocycles. The van der Waals surface area contributed by atoms with E-state index in [1.54, 1.807) is 19.2 Å². The molecule has 0 saturated carbocycles. The zero-order valence-corrected chi connectivity index (χ0v) is 20.1. The molecule has 30 heavy (non-hydrogen) atoms. The molecule has 1 N–H and O–H groups in total. The molecule has 1 heterocycles. The molecule has 9 heteroatoms. The average Bonchev–Trinajstić information content (AvgIpc) is 2.72. The van der Waals surface area contributed by atoms with Gasteiger partial charge in [0.05, 0.1) is 13.2 Å². The second-order valence-electron chi connectivity index (χ2n) is 6.61. The third-order valence-corrected chi connectivity index (χ3v) is 4.76. The first kappa shape index (κ1) is 24.5. The number of rotatable bonds is 7. The minimum Gasteiger partial charge on any atom is -0.492 e. The second kappa shape index (κ2) is 12.2. The van der Waals surface area contributed by atoms with E-state index in [1.807, 2.05) is 24.1 Å². The predicted octanol–water partition coefficient (Wildman–Crippen LogP) is 4.09. The first-order chi connectivity index (χ1) is 14.1. The van der Waals surface area contributed by atoms with Gasteiger partial charge in [0, 0.05) is 31.2 Å². The smallest absolute Gasteiger partial charge is 0.193 e. The van der Waals surface area contributed by atoms with Crippen molar-refractivity contribution in [3.63, 3.8) is 0 Å². The summed E-state index contributed by atoms with van der Waals surface area (Å²) < 4.78 is 30.4. The van der Waals surface area contributed by atoms with Gasteiger partial charge in [-0.15, -0.1) is 24.0 Å². The Morgan fingerprint density at radius 3 is 2.80 bits per heavy atom. The van der Waals surface area contributed by atoms with Crippen LogP contribution >= 0.6 is 35.6 Å². The van der Waals surface area contributed by atoms with Crippen LogP contribution in [0.15, 0.2) is 41.4 Å². The molecule has 0 aliphatic carbocycles. The molecule has 0 amide bonds. The van der Waals surface area contributed by atoms with Gasteiger partial charge in [-0.1, -0.05) is 11.6 Å². The van der Waals surface area contributed by atoms with E-state index in [2.05, 4.69) is 10.3 Å². The molecule has 3 rings (SSSR count). The molecule has 1 aliphatic rings. The SMILES string of the molecule is CN=C(NCCc1cc(F)cc2c1OCOC2)N(C)CCOc1ccc(Cl)cc1.I. The highest BCUT2D eigenvalue weighted by molar-refractivity contribution is 14.0. The van der Waals surface area contributed by atoms with Crippen molar-refractivity contribution in [1.29, 1.82) is 0 Å². The van der Waals surface area contributed by atoms with Crippen LogP contribution < -0.4 is 14.8 Å². The van der Waals surface area contributed by atoms with Crippen molar-refractivity contribution in [3.05, 3.63) is 58.4 Å². The van der Waals surface area contributed by atoms with Crippen LogP contribution in [0.4, 0.5) is 4.39 Å². The van der Waals surface area contributed by atoms with Crippen LogP contribution in [0.5, 0.6) is 11.5 Å². The second-order valence-corrected chi connectivity index (χ2v) is 7.05. The Bertz CT molecular complexity index is 852. The topological polar surface area (TPSA) is 55.3 Å². The van der Waals surface area contributed by atoms with Crippen LogP contribution in [0.2, 0.25) is 5.02 Å². The molecule has 0 aromatic heterocycles. The third kappa shape index (κ3) is 6.88. The van der Waals surface area contributed by atoms with Gasteiger partial charge >= 0.3 is 0 Å². The van der Waals surface area contributed by atoms with E-state index in [0.29, 0.717) is 37.7 Å². The van der Waals surface area contributed by atoms with Crippen molar-refractivity contribution in [2.75, 3.05) is 40.6 Å². The van der Waals surface area contributed by atoms with E-state index in [4.69, 9.17) is 25.8 Å². The highest BCUT2D eigenvalue weighted by Gasteiger charge is 2.17. The van der Waals surface area contributed by atoms with E-state index >= 15 is 0 Å². The minimum atomic E-state index is -0.284. The monoisotopic (exact) mass is 549 g/mol. The Balaban J connectivity index is 0.00000320. The van der Waals surface area contributed by atoms with Gasteiger partial charge in [-0.25, -0.2) is 4.39 Å². The number of ether oxygens (including phenoxy) is 3. The van der Waals surface area contributed by atoms with Gasteiger partial charge in [-0.2, -0.15) is 0 Å². The fraction of sp³-hybridized carbons (Fsp3) is 0.381. The van der Waals surface area contributed by atoms with Crippen molar-refractivity contribution in [2.24, 2.45) is 4.99 Å². The molecule has 0 radical (unpaired) electrons. The molecule has 164 valence electrons.